The highest BCUT2D eigenvalue weighted by Crippen LogP contribution is 2.34. The molecule has 5 heteroatoms. The summed E-state index contributed by atoms with van der Waals surface area (Å²) in [7, 11) is 0. The number of aliphatic hydroxyl groups excluding tert-OH is 2. The first kappa shape index (κ1) is 22.4. The molecule has 0 aromatic carbocycles. The Hall–Kier alpha value is -0.650. The molecule has 148 valence electrons. The second kappa shape index (κ2) is 13.5. The summed E-state index contributed by atoms with van der Waals surface area (Å²) in [6, 6.07) is 0. The first-order valence-electron chi connectivity index (χ1n) is 10.2. The number of unbranched alkanes of at least 4 members (excludes halogenated alkanes) is 11. The average Bonchev–Trinajstić information content (AvgIpc) is 3.41. The van der Waals surface area contributed by atoms with Crippen LogP contribution in [0.1, 0.15) is 90.4 Å². The van der Waals surface area contributed by atoms with Gasteiger partial charge in [0.25, 0.3) is 0 Å². The van der Waals surface area contributed by atoms with E-state index >= 15 is 0 Å². The molecule has 0 saturated carbocycles. The van der Waals surface area contributed by atoms with Crippen molar-refractivity contribution in [3.05, 3.63) is 0 Å². The van der Waals surface area contributed by atoms with Crippen molar-refractivity contribution in [1.82, 2.24) is 0 Å². The highest BCUT2D eigenvalue weighted by molar-refractivity contribution is 5.82. The molecule has 1 aliphatic heterocycles. The first-order chi connectivity index (χ1) is 12.1. The van der Waals surface area contributed by atoms with Gasteiger partial charge in [-0.15, -0.1) is 0 Å². The van der Waals surface area contributed by atoms with E-state index in [4.69, 9.17) is 14.6 Å². The van der Waals surface area contributed by atoms with Crippen LogP contribution in [0, 0.1) is 0 Å². The monoisotopic (exact) mass is 358 g/mol. The molecule has 1 fully saturated rings. The van der Waals surface area contributed by atoms with Crippen LogP contribution < -0.4 is 0 Å². The number of epoxide rings is 1. The fraction of sp³-hybridized carbons (Fsp3) is 0.950. The van der Waals surface area contributed by atoms with E-state index in [-0.39, 0.29) is 6.61 Å². The lowest BCUT2D eigenvalue weighted by Crippen LogP contribution is -2.31. The fourth-order valence-corrected chi connectivity index (χ4v) is 3.06. The Bertz CT molecular complexity index is 341. The van der Waals surface area contributed by atoms with Crippen LogP contribution in [0.2, 0.25) is 0 Å². The van der Waals surface area contributed by atoms with E-state index in [1.54, 1.807) is 0 Å². The van der Waals surface area contributed by atoms with Gasteiger partial charge in [0.05, 0.1) is 13.2 Å². The largest absolute Gasteiger partial charge is 0.461 e. The van der Waals surface area contributed by atoms with Gasteiger partial charge in [0.2, 0.25) is 0 Å². The standard InChI is InChI=1S/C20H38O5/c1-2-3-4-5-6-7-8-9-10-11-12-13-14-20(17-25-20)19(23)24-16-18(22)15-21/h18,21-22H,2-17H2,1H3/t18-,20+/m1/s1. The van der Waals surface area contributed by atoms with E-state index in [2.05, 4.69) is 6.92 Å². The maximum absolute atomic E-state index is 11.9. The second-order valence-electron chi connectivity index (χ2n) is 7.36. The number of hydrogen-bond donors (Lipinski definition) is 2. The predicted octanol–water partition coefficient (Wildman–Crippen LogP) is 3.74. The van der Waals surface area contributed by atoms with Crippen LogP contribution in [0.25, 0.3) is 0 Å². The molecule has 25 heavy (non-hydrogen) atoms. The van der Waals surface area contributed by atoms with Crippen LogP contribution in [0.5, 0.6) is 0 Å². The minimum absolute atomic E-state index is 0.168. The molecule has 0 amide bonds. The number of hydrogen-bond acceptors (Lipinski definition) is 5. The Labute approximate surface area is 153 Å². The summed E-state index contributed by atoms with van der Waals surface area (Å²) in [4.78, 5) is 11.9. The molecule has 1 rings (SSSR count). The Morgan fingerprint density at radius 1 is 1.00 bits per heavy atom. The molecule has 5 nitrogen and oxygen atoms in total. The zero-order valence-electron chi connectivity index (χ0n) is 16.0. The van der Waals surface area contributed by atoms with Crippen molar-refractivity contribution in [3.8, 4) is 0 Å². The zero-order valence-corrected chi connectivity index (χ0v) is 16.0. The molecular weight excluding hydrogens is 320 g/mol. The van der Waals surface area contributed by atoms with Gasteiger partial charge in [-0.2, -0.15) is 0 Å². The van der Waals surface area contributed by atoms with E-state index in [1.807, 2.05) is 0 Å². The Morgan fingerprint density at radius 3 is 1.92 bits per heavy atom. The predicted molar refractivity (Wildman–Crippen MR) is 98.4 cm³/mol. The van der Waals surface area contributed by atoms with Crippen molar-refractivity contribution < 1.29 is 24.5 Å². The lowest BCUT2D eigenvalue weighted by atomic mass is 10.0. The van der Waals surface area contributed by atoms with Crippen LogP contribution in [0.4, 0.5) is 0 Å². The van der Waals surface area contributed by atoms with Gasteiger partial charge in [-0.05, 0) is 12.8 Å². The summed E-state index contributed by atoms with van der Waals surface area (Å²) in [5.74, 6) is -0.400. The Kier molecular flexibility index (Phi) is 12.1. The summed E-state index contributed by atoms with van der Waals surface area (Å²) in [6.45, 7) is 2.10. The first-order valence-corrected chi connectivity index (χ1v) is 10.2. The molecule has 1 saturated heterocycles. The third-order valence-corrected chi connectivity index (χ3v) is 4.92. The molecule has 0 bridgehead atoms. The molecule has 1 aliphatic rings. The lowest BCUT2D eigenvalue weighted by Gasteiger charge is -2.13. The Morgan fingerprint density at radius 2 is 1.48 bits per heavy atom. The SMILES string of the molecule is CCCCCCCCCCCCCC[C@@]1(C(=O)OC[C@H](O)CO)CO1. The molecule has 1 heterocycles. The molecule has 0 aromatic rings. The number of ether oxygens (including phenoxy) is 2. The van der Waals surface area contributed by atoms with Gasteiger partial charge in [-0.1, -0.05) is 77.6 Å². The molecule has 0 aromatic heterocycles. The highest BCUT2D eigenvalue weighted by Gasteiger charge is 2.53. The van der Waals surface area contributed by atoms with Crippen molar-refractivity contribution in [2.45, 2.75) is 102 Å². The van der Waals surface area contributed by atoms with Gasteiger partial charge >= 0.3 is 5.97 Å². The van der Waals surface area contributed by atoms with Crippen LogP contribution in [0.3, 0.4) is 0 Å². The van der Waals surface area contributed by atoms with Crippen molar-refractivity contribution in [3.63, 3.8) is 0 Å². The smallest absolute Gasteiger partial charge is 0.340 e. The lowest BCUT2D eigenvalue weighted by molar-refractivity contribution is -0.154. The molecule has 0 spiro atoms. The summed E-state index contributed by atoms with van der Waals surface area (Å²) < 4.78 is 10.3. The van der Waals surface area contributed by atoms with Crippen LogP contribution in [-0.4, -0.2) is 47.7 Å². The normalized spacial score (nSPS) is 20.4. The quantitative estimate of drug-likeness (QED) is 0.235. The number of carbonyl (C=O) groups excluding carboxylic acids is 1. The number of esters is 1. The van der Waals surface area contributed by atoms with E-state index in [9.17, 15) is 9.90 Å². The number of carbonyl (C=O) groups is 1. The highest BCUT2D eigenvalue weighted by atomic mass is 16.6. The molecule has 2 atom stereocenters. The van der Waals surface area contributed by atoms with E-state index in [1.165, 1.54) is 64.2 Å². The molecule has 0 unspecified atom stereocenters. The zero-order chi connectivity index (χ0) is 18.4. The van der Waals surface area contributed by atoms with Crippen LogP contribution >= 0.6 is 0 Å². The Balaban J connectivity index is 1.91. The average molecular weight is 359 g/mol. The molecule has 0 radical (unpaired) electrons. The summed E-state index contributed by atoms with van der Waals surface area (Å²) in [5, 5.41) is 17.9. The number of rotatable bonds is 17. The van der Waals surface area contributed by atoms with E-state index in [0.29, 0.717) is 13.0 Å². The van der Waals surface area contributed by atoms with Gasteiger partial charge in [0.1, 0.15) is 12.7 Å². The topological polar surface area (TPSA) is 79.3 Å². The summed E-state index contributed by atoms with van der Waals surface area (Å²) in [6.07, 6.45) is 15.1. The summed E-state index contributed by atoms with van der Waals surface area (Å²) in [5.41, 5.74) is -0.770. The second-order valence-corrected chi connectivity index (χ2v) is 7.36. The van der Waals surface area contributed by atoms with Crippen molar-refractivity contribution in [2.75, 3.05) is 19.8 Å². The van der Waals surface area contributed by atoms with Crippen molar-refractivity contribution >= 4 is 5.97 Å². The van der Waals surface area contributed by atoms with E-state index in [0.717, 1.165) is 12.8 Å². The van der Waals surface area contributed by atoms with Crippen LogP contribution in [-0.2, 0) is 14.3 Å². The van der Waals surface area contributed by atoms with E-state index < -0.39 is 24.3 Å². The third kappa shape index (κ3) is 10.2. The minimum Gasteiger partial charge on any atom is -0.461 e. The van der Waals surface area contributed by atoms with Crippen molar-refractivity contribution in [2.24, 2.45) is 0 Å². The fourth-order valence-electron chi connectivity index (χ4n) is 3.06. The van der Waals surface area contributed by atoms with Crippen molar-refractivity contribution in [1.29, 1.82) is 0 Å². The molecular formula is C20H38O5. The van der Waals surface area contributed by atoms with Gasteiger partial charge in [0, 0.05) is 0 Å². The van der Waals surface area contributed by atoms with Gasteiger partial charge in [-0.3, -0.25) is 0 Å². The van der Waals surface area contributed by atoms with Crippen LogP contribution in [0.15, 0.2) is 0 Å². The summed E-state index contributed by atoms with van der Waals surface area (Å²) >= 11 is 0. The van der Waals surface area contributed by atoms with Gasteiger partial charge in [-0.25, -0.2) is 4.79 Å². The van der Waals surface area contributed by atoms with Gasteiger partial charge in [0.15, 0.2) is 5.60 Å². The maximum Gasteiger partial charge on any atom is 0.340 e. The maximum atomic E-state index is 11.9. The molecule has 2 N–H and O–H groups in total. The minimum atomic E-state index is -1.01. The third-order valence-electron chi connectivity index (χ3n) is 4.92. The van der Waals surface area contributed by atoms with Gasteiger partial charge < -0.3 is 19.7 Å². The number of aliphatic hydroxyl groups is 2. The molecule has 0 aliphatic carbocycles.